The summed E-state index contributed by atoms with van der Waals surface area (Å²) in [6.07, 6.45) is 0. The zero-order valence-corrected chi connectivity index (χ0v) is 12.0. The van der Waals surface area contributed by atoms with E-state index in [1.54, 1.807) is 0 Å². The number of halogens is 2. The van der Waals surface area contributed by atoms with Crippen molar-refractivity contribution in [1.82, 2.24) is 0 Å². The maximum atomic E-state index is 13.6. The monoisotopic (exact) mass is 322 g/mol. The maximum absolute atomic E-state index is 13.6. The number of hydrogen-bond donors (Lipinski definition) is 3. The van der Waals surface area contributed by atoms with Crippen molar-refractivity contribution in [3.63, 3.8) is 0 Å². The predicted octanol–water partition coefficient (Wildman–Crippen LogP) is 3.05. The third-order valence-electron chi connectivity index (χ3n) is 3.01. The smallest absolute Gasteiger partial charge is 0.337 e. The Morgan fingerprint density at radius 2 is 1.91 bits per heavy atom. The summed E-state index contributed by atoms with van der Waals surface area (Å²) in [5, 5.41) is 11.8. The molecule has 2 aromatic rings. The number of carboxylic acid groups (broad SMARTS) is 1. The van der Waals surface area contributed by atoms with Crippen LogP contribution in [-0.2, 0) is 0 Å². The Balaban J connectivity index is 2.16. The van der Waals surface area contributed by atoms with Gasteiger partial charge in [0, 0.05) is 10.6 Å². The lowest BCUT2D eigenvalue weighted by molar-refractivity contribution is 0.0698. The average Bonchev–Trinajstić information content (AvgIpc) is 2.46. The van der Waals surface area contributed by atoms with Crippen LogP contribution >= 0.6 is 11.6 Å². The van der Waals surface area contributed by atoms with E-state index in [1.165, 1.54) is 30.3 Å². The summed E-state index contributed by atoms with van der Waals surface area (Å²) in [4.78, 5) is 23.1. The lowest BCUT2D eigenvalue weighted by Gasteiger charge is -2.10. The molecule has 0 amide bonds. The molecule has 0 radical (unpaired) electrons. The molecule has 0 spiro atoms. The van der Waals surface area contributed by atoms with Gasteiger partial charge in [0.2, 0.25) is 0 Å². The van der Waals surface area contributed by atoms with Gasteiger partial charge in [-0.3, -0.25) is 4.79 Å². The van der Waals surface area contributed by atoms with E-state index in [0.29, 0.717) is 0 Å². The van der Waals surface area contributed by atoms with Crippen LogP contribution in [0.5, 0.6) is 0 Å². The van der Waals surface area contributed by atoms with Crippen LogP contribution in [0.25, 0.3) is 0 Å². The summed E-state index contributed by atoms with van der Waals surface area (Å²) >= 11 is 5.64. The number of ketones is 1. The third kappa shape index (κ3) is 3.35. The number of Topliss-reactive ketones (excluding diaryl/α,β-unsaturated/α-hetero) is 1. The molecule has 4 N–H and O–H groups in total. The Bertz CT molecular complexity index is 750. The molecular weight excluding hydrogens is 311 g/mol. The first kappa shape index (κ1) is 15.8. The van der Waals surface area contributed by atoms with Gasteiger partial charge in [-0.2, -0.15) is 0 Å². The number of rotatable bonds is 5. The van der Waals surface area contributed by atoms with E-state index in [9.17, 15) is 14.0 Å². The fraction of sp³-hybridized carbons (Fsp3) is 0.0667. The highest BCUT2D eigenvalue weighted by molar-refractivity contribution is 6.30. The van der Waals surface area contributed by atoms with Crippen LogP contribution in [0.3, 0.4) is 0 Å². The Morgan fingerprint density at radius 1 is 1.23 bits per heavy atom. The molecule has 2 aromatic carbocycles. The van der Waals surface area contributed by atoms with E-state index in [2.05, 4.69) is 5.32 Å². The number of para-hydroxylation sites is 1. The molecule has 0 fully saturated rings. The van der Waals surface area contributed by atoms with E-state index in [4.69, 9.17) is 22.4 Å². The molecule has 0 aromatic heterocycles. The van der Waals surface area contributed by atoms with Gasteiger partial charge in [-0.15, -0.1) is 0 Å². The van der Waals surface area contributed by atoms with Crippen molar-refractivity contribution in [2.45, 2.75) is 0 Å². The third-order valence-corrected chi connectivity index (χ3v) is 3.24. The van der Waals surface area contributed by atoms with Crippen LogP contribution in [0.1, 0.15) is 20.7 Å². The van der Waals surface area contributed by atoms with Crippen molar-refractivity contribution in [3.8, 4) is 0 Å². The number of nitrogens with two attached hydrogens (primary N) is 1. The summed E-state index contributed by atoms with van der Waals surface area (Å²) in [6, 6.07) is 8.16. The quantitative estimate of drug-likeness (QED) is 0.581. The van der Waals surface area contributed by atoms with Crippen LogP contribution < -0.4 is 11.1 Å². The molecule has 0 saturated carbocycles. The first-order valence-corrected chi connectivity index (χ1v) is 6.62. The van der Waals surface area contributed by atoms with Crippen molar-refractivity contribution < 1.29 is 19.1 Å². The molecule has 0 aliphatic rings. The molecule has 5 nitrogen and oxygen atoms in total. The van der Waals surface area contributed by atoms with Gasteiger partial charge in [-0.1, -0.05) is 17.7 Å². The lowest BCUT2D eigenvalue weighted by atomic mass is 10.0. The summed E-state index contributed by atoms with van der Waals surface area (Å²) < 4.78 is 13.6. The summed E-state index contributed by atoms with van der Waals surface area (Å²) in [5.41, 5.74) is 5.61. The van der Waals surface area contributed by atoms with Crippen molar-refractivity contribution in [2.75, 3.05) is 17.6 Å². The second kappa shape index (κ2) is 6.44. The second-order valence-electron chi connectivity index (χ2n) is 4.47. The number of benzene rings is 2. The molecule has 0 aliphatic carbocycles. The molecule has 0 bridgehead atoms. The zero-order valence-electron chi connectivity index (χ0n) is 11.3. The largest absolute Gasteiger partial charge is 0.478 e. The van der Waals surface area contributed by atoms with E-state index >= 15 is 0 Å². The lowest BCUT2D eigenvalue weighted by Crippen LogP contribution is -2.17. The zero-order chi connectivity index (χ0) is 16.3. The SMILES string of the molecule is Nc1c(C(=O)O)cccc1C(=O)CNc1ccc(Cl)cc1F. The van der Waals surface area contributed by atoms with Gasteiger partial charge in [-0.25, -0.2) is 9.18 Å². The molecule has 0 aliphatic heterocycles. The standard InChI is InChI=1S/C15H12ClFN2O3/c16-8-4-5-12(11(17)6-8)19-7-13(20)9-2-1-3-10(14(9)18)15(21)22/h1-6,19H,7,18H2,(H,21,22). The number of hydrogen-bond acceptors (Lipinski definition) is 4. The fourth-order valence-electron chi connectivity index (χ4n) is 1.90. The molecule has 0 saturated heterocycles. The minimum absolute atomic E-state index is 0.0711. The number of carbonyl (C=O) groups excluding carboxylic acids is 1. The van der Waals surface area contributed by atoms with E-state index in [1.807, 2.05) is 0 Å². The van der Waals surface area contributed by atoms with E-state index in [0.717, 1.165) is 6.07 Å². The van der Waals surface area contributed by atoms with Gasteiger partial charge in [-0.05, 0) is 30.3 Å². The molecular formula is C15H12ClFN2O3. The van der Waals surface area contributed by atoms with Crippen LogP contribution in [0.2, 0.25) is 5.02 Å². The molecule has 7 heteroatoms. The maximum Gasteiger partial charge on any atom is 0.337 e. The highest BCUT2D eigenvalue weighted by atomic mass is 35.5. The molecule has 114 valence electrons. The van der Waals surface area contributed by atoms with Crippen LogP contribution in [0.15, 0.2) is 36.4 Å². The fourth-order valence-corrected chi connectivity index (χ4v) is 2.06. The molecule has 0 heterocycles. The topological polar surface area (TPSA) is 92.4 Å². The van der Waals surface area contributed by atoms with E-state index < -0.39 is 17.6 Å². The highest BCUT2D eigenvalue weighted by Gasteiger charge is 2.16. The molecule has 0 unspecified atom stereocenters. The predicted molar refractivity (Wildman–Crippen MR) is 82.0 cm³/mol. The van der Waals surface area contributed by atoms with Crippen molar-refractivity contribution in [2.24, 2.45) is 0 Å². The number of nitrogen functional groups attached to an aromatic ring is 1. The van der Waals surface area contributed by atoms with Crippen molar-refractivity contribution in [1.29, 1.82) is 0 Å². The van der Waals surface area contributed by atoms with Crippen LogP contribution in [-0.4, -0.2) is 23.4 Å². The minimum atomic E-state index is -1.22. The normalized spacial score (nSPS) is 10.3. The number of carbonyl (C=O) groups is 2. The Labute approximate surface area is 130 Å². The summed E-state index contributed by atoms with van der Waals surface area (Å²) in [7, 11) is 0. The summed E-state index contributed by atoms with van der Waals surface area (Å²) in [5.74, 6) is -2.26. The second-order valence-corrected chi connectivity index (χ2v) is 4.91. The van der Waals surface area contributed by atoms with Crippen LogP contribution in [0.4, 0.5) is 15.8 Å². The van der Waals surface area contributed by atoms with Crippen LogP contribution in [0, 0.1) is 5.82 Å². The minimum Gasteiger partial charge on any atom is -0.478 e. The first-order valence-electron chi connectivity index (χ1n) is 6.24. The Kier molecular flexibility index (Phi) is 4.62. The van der Waals surface area contributed by atoms with Gasteiger partial charge in [0.1, 0.15) is 5.82 Å². The van der Waals surface area contributed by atoms with Gasteiger partial charge < -0.3 is 16.2 Å². The van der Waals surface area contributed by atoms with Gasteiger partial charge in [0.05, 0.1) is 23.5 Å². The summed E-state index contributed by atoms with van der Waals surface area (Å²) in [6.45, 7) is -0.230. The molecule has 2 rings (SSSR count). The van der Waals surface area contributed by atoms with Gasteiger partial charge in [0.15, 0.2) is 5.78 Å². The van der Waals surface area contributed by atoms with Crippen molar-refractivity contribution in [3.05, 3.63) is 58.4 Å². The Morgan fingerprint density at radius 3 is 2.55 bits per heavy atom. The average molecular weight is 323 g/mol. The molecule has 22 heavy (non-hydrogen) atoms. The molecule has 0 atom stereocenters. The van der Waals surface area contributed by atoms with Gasteiger partial charge in [0.25, 0.3) is 0 Å². The number of carboxylic acids is 1. The highest BCUT2D eigenvalue weighted by Crippen LogP contribution is 2.21. The Hall–Kier alpha value is -2.60. The first-order chi connectivity index (χ1) is 10.4. The van der Waals surface area contributed by atoms with Crippen molar-refractivity contribution >= 4 is 34.7 Å². The number of aromatic carboxylic acids is 1. The number of anilines is 2. The van der Waals surface area contributed by atoms with Gasteiger partial charge >= 0.3 is 5.97 Å². The van der Waals surface area contributed by atoms with E-state index in [-0.39, 0.29) is 34.1 Å². The number of nitrogens with one attached hydrogen (secondary N) is 1.